The molecule has 2 aromatic heterocycles. The van der Waals surface area contributed by atoms with Crippen molar-refractivity contribution in [1.29, 1.82) is 0 Å². The second-order valence-electron chi connectivity index (χ2n) is 9.03. The van der Waals surface area contributed by atoms with Crippen molar-refractivity contribution in [3.63, 3.8) is 0 Å². The monoisotopic (exact) mass is 545 g/mol. The number of aromatic amines is 1. The molecule has 39 heavy (non-hydrogen) atoms. The number of ether oxygens (including phenoxy) is 1. The minimum atomic E-state index is -0.812. The number of carbonyl (C=O) groups excluding carboxylic acids is 2. The Bertz CT molecular complexity index is 1580. The molecular weight excluding hydrogens is 516 g/mol. The maximum atomic E-state index is 13.4. The number of H-pyrrole nitrogens is 1. The Morgan fingerprint density at radius 3 is 2.59 bits per heavy atom. The van der Waals surface area contributed by atoms with Crippen LogP contribution in [-0.4, -0.2) is 34.3 Å². The molecule has 2 aromatic carbocycles. The number of rotatable bonds is 8. The Balaban J connectivity index is 1.60. The molecular formula is C29H29N4O5S+. The van der Waals surface area contributed by atoms with E-state index in [2.05, 4.69) is 11.9 Å². The summed E-state index contributed by atoms with van der Waals surface area (Å²) in [6.45, 7) is 5.65. The number of furan rings is 1. The van der Waals surface area contributed by atoms with Gasteiger partial charge in [-0.2, -0.15) is 0 Å². The minimum absolute atomic E-state index is 0.218. The second kappa shape index (κ2) is 11.3. The summed E-state index contributed by atoms with van der Waals surface area (Å²) in [6, 6.07) is 17.8. The van der Waals surface area contributed by atoms with Crippen molar-refractivity contribution in [3.8, 4) is 22.6 Å². The number of hydrogen-bond acceptors (Lipinski definition) is 7. The molecule has 0 saturated heterocycles. The molecule has 4 aromatic rings. The van der Waals surface area contributed by atoms with Gasteiger partial charge < -0.3 is 9.15 Å². The lowest BCUT2D eigenvalue weighted by Gasteiger charge is -2.30. The normalized spacial score (nSPS) is 14.0. The fraction of sp³-hybridized carbons (Fsp3) is 0.276. The van der Waals surface area contributed by atoms with E-state index in [1.165, 1.54) is 18.7 Å². The predicted octanol–water partition coefficient (Wildman–Crippen LogP) is 4.97. The van der Waals surface area contributed by atoms with Crippen LogP contribution in [0.15, 0.2) is 75.0 Å². The summed E-state index contributed by atoms with van der Waals surface area (Å²) in [5.41, 5.74) is 2.48. The van der Waals surface area contributed by atoms with E-state index < -0.39 is 6.17 Å². The van der Waals surface area contributed by atoms with Crippen LogP contribution in [0.5, 0.6) is 0 Å². The smallest absolute Gasteiger partial charge is 0.338 e. The van der Waals surface area contributed by atoms with Gasteiger partial charge in [0.05, 0.1) is 23.4 Å². The Labute approximate surface area is 229 Å². The fourth-order valence-corrected chi connectivity index (χ4v) is 5.52. The van der Waals surface area contributed by atoms with Crippen molar-refractivity contribution in [2.24, 2.45) is 0 Å². The fourth-order valence-electron chi connectivity index (χ4n) is 4.58. The van der Waals surface area contributed by atoms with E-state index in [1.807, 2.05) is 24.3 Å². The number of unbranched alkanes of at least 4 members (excludes halogenated alkanes) is 1. The number of amides is 1. The number of fused-ring (bicyclic) bond motifs is 3. The van der Waals surface area contributed by atoms with Crippen LogP contribution in [0.4, 0.5) is 5.69 Å². The Morgan fingerprint density at radius 2 is 1.87 bits per heavy atom. The zero-order valence-corrected chi connectivity index (χ0v) is 22.8. The Hall–Kier alpha value is -4.18. The molecule has 0 aliphatic carbocycles. The van der Waals surface area contributed by atoms with E-state index in [4.69, 9.17) is 14.3 Å². The van der Waals surface area contributed by atoms with Gasteiger partial charge in [0.15, 0.2) is 5.76 Å². The van der Waals surface area contributed by atoms with Crippen LogP contribution in [0.3, 0.4) is 0 Å². The van der Waals surface area contributed by atoms with Crippen LogP contribution in [0.2, 0.25) is 0 Å². The van der Waals surface area contributed by atoms with Gasteiger partial charge in [-0.1, -0.05) is 49.4 Å². The molecule has 1 atom stereocenters. The standard InChI is InChI=1S/C29H28N4O5S/c1-4-6-17-39-29-30-26(35)25-21-9-7-8-10-22(21)32(18(3)34)27(33(25)31-29)24-16-15-23(38-24)19-11-13-20(14-12-19)28(36)37-5-2/h7-16,27H,4-6,17H2,1-3H3/p+1. The number of hydrogen-bond donors (Lipinski definition) is 1. The summed E-state index contributed by atoms with van der Waals surface area (Å²) in [7, 11) is 0. The first-order valence-corrected chi connectivity index (χ1v) is 13.9. The first kappa shape index (κ1) is 26.4. The van der Waals surface area contributed by atoms with Gasteiger partial charge in [-0.3, -0.25) is 14.6 Å². The zero-order chi connectivity index (χ0) is 27.5. The molecule has 1 aliphatic heterocycles. The molecule has 1 unspecified atom stereocenters. The van der Waals surface area contributed by atoms with Crippen molar-refractivity contribution in [1.82, 2.24) is 10.1 Å². The quantitative estimate of drug-likeness (QED) is 0.144. The van der Waals surface area contributed by atoms with Crippen LogP contribution in [0.25, 0.3) is 22.6 Å². The number of carbonyl (C=O) groups is 2. The highest BCUT2D eigenvalue weighted by atomic mass is 32.2. The minimum Gasteiger partial charge on any atom is -0.462 e. The van der Waals surface area contributed by atoms with Gasteiger partial charge in [0, 0.05) is 23.3 Å². The summed E-state index contributed by atoms with van der Waals surface area (Å²) in [5, 5.41) is 5.26. The molecule has 0 fully saturated rings. The van der Waals surface area contributed by atoms with Crippen molar-refractivity contribution in [3.05, 3.63) is 82.3 Å². The first-order chi connectivity index (χ1) is 18.9. The highest BCUT2D eigenvalue weighted by molar-refractivity contribution is 7.99. The Morgan fingerprint density at radius 1 is 1.10 bits per heavy atom. The van der Waals surface area contributed by atoms with E-state index in [0.29, 0.717) is 45.8 Å². The number of benzene rings is 2. The van der Waals surface area contributed by atoms with Gasteiger partial charge in [0.2, 0.25) is 11.1 Å². The summed E-state index contributed by atoms with van der Waals surface area (Å²) in [4.78, 5) is 43.0. The van der Waals surface area contributed by atoms with Crippen LogP contribution >= 0.6 is 11.8 Å². The van der Waals surface area contributed by atoms with E-state index >= 15 is 0 Å². The van der Waals surface area contributed by atoms with E-state index in [1.54, 1.807) is 52.9 Å². The van der Waals surface area contributed by atoms with Crippen molar-refractivity contribution in [2.75, 3.05) is 17.3 Å². The molecule has 5 rings (SSSR count). The van der Waals surface area contributed by atoms with Gasteiger partial charge in [-0.25, -0.2) is 9.69 Å². The van der Waals surface area contributed by atoms with Gasteiger partial charge in [0.1, 0.15) is 5.76 Å². The number of nitrogens with one attached hydrogen (secondary N) is 1. The van der Waals surface area contributed by atoms with Crippen molar-refractivity contribution >= 4 is 29.3 Å². The molecule has 0 saturated carbocycles. The molecule has 200 valence electrons. The SMILES string of the molecule is CCCCSc1n[n+]2c(c(=O)[nH]1)-c1ccccc1N(C(C)=O)C2c1ccc(-c2ccc(C(=O)OCC)cc2)o1. The number of anilines is 1. The summed E-state index contributed by atoms with van der Waals surface area (Å²) >= 11 is 1.47. The molecule has 0 spiro atoms. The number of aromatic nitrogens is 3. The summed E-state index contributed by atoms with van der Waals surface area (Å²) in [6.07, 6.45) is 1.20. The number of thioether (sulfide) groups is 1. The van der Waals surface area contributed by atoms with Crippen LogP contribution in [0.1, 0.15) is 55.9 Å². The lowest BCUT2D eigenvalue weighted by Crippen LogP contribution is -2.60. The maximum absolute atomic E-state index is 13.4. The third-order valence-corrected chi connectivity index (χ3v) is 7.35. The highest BCUT2D eigenvalue weighted by Crippen LogP contribution is 2.38. The van der Waals surface area contributed by atoms with Gasteiger partial charge >= 0.3 is 23.4 Å². The summed E-state index contributed by atoms with van der Waals surface area (Å²) < 4.78 is 12.9. The van der Waals surface area contributed by atoms with Crippen LogP contribution in [-0.2, 0) is 9.53 Å². The van der Waals surface area contributed by atoms with Crippen LogP contribution in [0, 0.1) is 0 Å². The second-order valence-corrected chi connectivity index (χ2v) is 10.1. The topological polar surface area (TPSA) is 109 Å². The predicted molar refractivity (Wildman–Crippen MR) is 148 cm³/mol. The lowest BCUT2D eigenvalue weighted by molar-refractivity contribution is -0.764. The molecule has 10 heteroatoms. The molecule has 1 aliphatic rings. The van der Waals surface area contributed by atoms with Crippen molar-refractivity contribution in [2.45, 2.75) is 44.9 Å². The van der Waals surface area contributed by atoms with E-state index in [9.17, 15) is 14.4 Å². The van der Waals surface area contributed by atoms with Gasteiger partial charge in [0.25, 0.3) is 0 Å². The largest absolute Gasteiger partial charge is 0.462 e. The molecule has 9 nitrogen and oxygen atoms in total. The average molecular weight is 546 g/mol. The number of para-hydroxylation sites is 1. The molecule has 0 radical (unpaired) electrons. The van der Waals surface area contributed by atoms with Crippen molar-refractivity contribution < 1.29 is 23.4 Å². The molecule has 1 amide bonds. The molecule has 1 N–H and O–H groups in total. The third-order valence-electron chi connectivity index (χ3n) is 6.40. The Kier molecular flexibility index (Phi) is 7.65. The van der Waals surface area contributed by atoms with Gasteiger partial charge in [-0.15, -0.1) is 0 Å². The van der Waals surface area contributed by atoms with E-state index in [0.717, 1.165) is 24.2 Å². The number of esters is 1. The number of nitrogens with zero attached hydrogens (tertiary/aromatic N) is 3. The average Bonchev–Trinajstić information content (AvgIpc) is 3.42. The maximum Gasteiger partial charge on any atom is 0.338 e. The third kappa shape index (κ3) is 5.12. The van der Waals surface area contributed by atoms with Crippen LogP contribution < -0.4 is 15.1 Å². The first-order valence-electron chi connectivity index (χ1n) is 12.9. The molecule has 0 bridgehead atoms. The zero-order valence-electron chi connectivity index (χ0n) is 22.0. The van der Waals surface area contributed by atoms with E-state index in [-0.39, 0.29) is 17.4 Å². The van der Waals surface area contributed by atoms with Gasteiger partial charge in [-0.05, 0) is 54.4 Å². The highest BCUT2D eigenvalue weighted by Gasteiger charge is 2.46. The lowest BCUT2D eigenvalue weighted by atomic mass is 10.0. The summed E-state index contributed by atoms with van der Waals surface area (Å²) in [5.74, 6) is 1.19. The molecule has 3 heterocycles.